The number of benzene rings is 2. The van der Waals surface area contributed by atoms with Crippen molar-refractivity contribution >= 4 is 16.8 Å². The highest BCUT2D eigenvalue weighted by Crippen LogP contribution is 2.23. The molecular formula is C24H26N2O2. The topological polar surface area (TPSA) is 53.2 Å². The predicted molar refractivity (Wildman–Crippen MR) is 113 cm³/mol. The van der Waals surface area contributed by atoms with E-state index in [9.17, 15) is 9.59 Å². The number of carbonyl (C=O) groups excluding carboxylic acids is 1. The van der Waals surface area contributed by atoms with Crippen LogP contribution in [0.1, 0.15) is 40.7 Å². The molecule has 1 fully saturated rings. The van der Waals surface area contributed by atoms with Gasteiger partial charge in [0.25, 0.3) is 5.91 Å². The van der Waals surface area contributed by atoms with Gasteiger partial charge in [0, 0.05) is 30.2 Å². The molecule has 0 bridgehead atoms. The quantitative estimate of drug-likeness (QED) is 0.739. The molecule has 1 aliphatic rings. The summed E-state index contributed by atoms with van der Waals surface area (Å²) in [6, 6.07) is 16.1. The van der Waals surface area contributed by atoms with Crippen molar-refractivity contribution in [3.63, 3.8) is 0 Å². The number of aryl methyl sites for hydroxylation is 2. The van der Waals surface area contributed by atoms with Crippen molar-refractivity contribution in [3.8, 4) is 0 Å². The van der Waals surface area contributed by atoms with E-state index in [0.717, 1.165) is 44.3 Å². The Kier molecular flexibility index (Phi) is 5.29. The Morgan fingerprint density at radius 2 is 1.79 bits per heavy atom. The van der Waals surface area contributed by atoms with E-state index in [1.807, 2.05) is 23.1 Å². The lowest BCUT2D eigenvalue weighted by Gasteiger charge is -2.32. The molecule has 3 aromatic rings. The van der Waals surface area contributed by atoms with Crippen molar-refractivity contribution in [1.82, 2.24) is 9.88 Å². The molecule has 0 radical (unpaired) electrons. The maximum absolute atomic E-state index is 12.9. The molecule has 1 aromatic heterocycles. The molecule has 0 unspecified atom stereocenters. The number of fused-ring (bicyclic) bond motifs is 1. The fourth-order valence-electron chi connectivity index (χ4n) is 4.05. The van der Waals surface area contributed by atoms with Gasteiger partial charge in [0.15, 0.2) is 0 Å². The van der Waals surface area contributed by atoms with E-state index in [0.29, 0.717) is 11.3 Å². The molecule has 1 amide bonds. The van der Waals surface area contributed by atoms with Crippen molar-refractivity contribution < 1.29 is 4.79 Å². The number of H-pyrrole nitrogens is 1. The van der Waals surface area contributed by atoms with Crippen LogP contribution in [0.2, 0.25) is 0 Å². The van der Waals surface area contributed by atoms with Gasteiger partial charge in [-0.1, -0.05) is 42.0 Å². The number of para-hydroxylation sites is 1. The normalized spacial score (nSPS) is 15.1. The highest BCUT2D eigenvalue weighted by molar-refractivity contribution is 5.97. The van der Waals surface area contributed by atoms with Gasteiger partial charge in [-0.3, -0.25) is 9.59 Å². The Hall–Kier alpha value is -2.88. The zero-order chi connectivity index (χ0) is 19.5. The summed E-state index contributed by atoms with van der Waals surface area (Å²) < 4.78 is 0. The molecule has 144 valence electrons. The SMILES string of the molecule is Cc1ccc(CCC2CCN(C(=O)c3c[nH]c4ccccc4c3=O)CC2)cc1. The van der Waals surface area contributed by atoms with Crippen LogP contribution in [0.15, 0.2) is 59.5 Å². The highest BCUT2D eigenvalue weighted by atomic mass is 16.2. The van der Waals surface area contributed by atoms with Crippen LogP contribution in [0, 0.1) is 12.8 Å². The second kappa shape index (κ2) is 8.01. The van der Waals surface area contributed by atoms with Crippen LogP contribution >= 0.6 is 0 Å². The fraction of sp³-hybridized carbons (Fsp3) is 0.333. The van der Waals surface area contributed by atoms with Crippen molar-refractivity contribution in [1.29, 1.82) is 0 Å². The molecule has 4 nitrogen and oxygen atoms in total. The molecule has 0 spiro atoms. The van der Waals surface area contributed by atoms with Crippen LogP contribution in [0.25, 0.3) is 10.9 Å². The third-order valence-corrected chi connectivity index (χ3v) is 5.88. The van der Waals surface area contributed by atoms with Crippen molar-refractivity contribution in [2.45, 2.75) is 32.6 Å². The number of hydrogen-bond acceptors (Lipinski definition) is 2. The van der Waals surface area contributed by atoms with Gasteiger partial charge in [0.2, 0.25) is 5.43 Å². The number of rotatable bonds is 4. The van der Waals surface area contributed by atoms with Gasteiger partial charge in [-0.05, 0) is 56.2 Å². The van der Waals surface area contributed by atoms with E-state index in [1.54, 1.807) is 12.3 Å². The Morgan fingerprint density at radius 1 is 1.07 bits per heavy atom. The Balaban J connectivity index is 1.37. The molecule has 1 N–H and O–H groups in total. The summed E-state index contributed by atoms with van der Waals surface area (Å²) >= 11 is 0. The van der Waals surface area contributed by atoms with E-state index in [1.165, 1.54) is 11.1 Å². The van der Waals surface area contributed by atoms with Gasteiger partial charge in [0.1, 0.15) is 5.56 Å². The minimum absolute atomic E-state index is 0.149. The maximum Gasteiger partial charge on any atom is 0.259 e. The van der Waals surface area contributed by atoms with Crippen LogP contribution in [0.5, 0.6) is 0 Å². The smallest absolute Gasteiger partial charge is 0.259 e. The highest BCUT2D eigenvalue weighted by Gasteiger charge is 2.25. The lowest BCUT2D eigenvalue weighted by Crippen LogP contribution is -2.40. The second-order valence-corrected chi connectivity index (χ2v) is 7.84. The van der Waals surface area contributed by atoms with Crippen molar-refractivity contribution in [3.05, 3.63) is 81.6 Å². The summed E-state index contributed by atoms with van der Waals surface area (Å²) in [5.41, 5.74) is 3.50. The number of pyridine rings is 1. The lowest BCUT2D eigenvalue weighted by molar-refractivity contribution is 0.0685. The van der Waals surface area contributed by atoms with Gasteiger partial charge < -0.3 is 9.88 Å². The number of nitrogens with zero attached hydrogens (tertiary/aromatic N) is 1. The third kappa shape index (κ3) is 3.86. The van der Waals surface area contributed by atoms with Gasteiger partial charge in [0.05, 0.1) is 0 Å². The zero-order valence-electron chi connectivity index (χ0n) is 16.3. The summed E-state index contributed by atoms with van der Waals surface area (Å²) in [5.74, 6) is 0.490. The van der Waals surface area contributed by atoms with Crippen LogP contribution < -0.4 is 5.43 Å². The molecule has 28 heavy (non-hydrogen) atoms. The van der Waals surface area contributed by atoms with Gasteiger partial charge in [-0.25, -0.2) is 0 Å². The minimum atomic E-state index is -0.180. The molecule has 2 heterocycles. The summed E-state index contributed by atoms with van der Waals surface area (Å²) in [6.07, 6.45) is 5.81. The molecule has 0 aliphatic carbocycles. The first-order chi connectivity index (χ1) is 13.6. The molecule has 4 rings (SSSR count). The van der Waals surface area contributed by atoms with E-state index in [-0.39, 0.29) is 16.9 Å². The number of aromatic nitrogens is 1. The van der Waals surface area contributed by atoms with E-state index in [4.69, 9.17) is 0 Å². The lowest BCUT2D eigenvalue weighted by atomic mass is 9.90. The summed E-state index contributed by atoms with van der Waals surface area (Å²) in [6.45, 7) is 3.56. The van der Waals surface area contributed by atoms with Crippen LogP contribution in [-0.4, -0.2) is 28.9 Å². The number of aromatic amines is 1. The average Bonchev–Trinajstić information content (AvgIpc) is 2.74. The Bertz CT molecular complexity index is 1030. The molecule has 2 aromatic carbocycles. The standard InChI is InChI=1S/C24H26N2O2/c1-17-6-8-18(9-7-17)10-11-19-12-14-26(15-13-19)24(28)21-16-25-22-5-3-2-4-20(22)23(21)27/h2-9,16,19H,10-15H2,1H3,(H,25,27). The van der Waals surface area contributed by atoms with Crippen molar-refractivity contribution in [2.24, 2.45) is 5.92 Å². The monoisotopic (exact) mass is 374 g/mol. The first-order valence-electron chi connectivity index (χ1n) is 10.1. The molecule has 1 aliphatic heterocycles. The molecule has 4 heteroatoms. The number of piperidine rings is 1. The number of likely N-dealkylation sites (tertiary alicyclic amines) is 1. The molecule has 1 saturated heterocycles. The van der Waals surface area contributed by atoms with Crippen LogP contribution in [0.3, 0.4) is 0 Å². The number of hydrogen-bond donors (Lipinski definition) is 1. The van der Waals surface area contributed by atoms with E-state index < -0.39 is 0 Å². The fourth-order valence-corrected chi connectivity index (χ4v) is 4.05. The van der Waals surface area contributed by atoms with E-state index in [2.05, 4.69) is 36.2 Å². The van der Waals surface area contributed by atoms with Crippen LogP contribution in [-0.2, 0) is 6.42 Å². The number of nitrogens with one attached hydrogen (secondary N) is 1. The van der Waals surface area contributed by atoms with Gasteiger partial charge in [-0.15, -0.1) is 0 Å². The van der Waals surface area contributed by atoms with Crippen molar-refractivity contribution in [2.75, 3.05) is 13.1 Å². The predicted octanol–water partition coefficient (Wildman–Crippen LogP) is 4.32. The zero-order valence-corrected chi connectivity index (χ0v) is 16.3. The number of amides is 1. The molecular weight excluding hydrogens is 348 g/mol. The largest absolute Gasteiger partial charge is 0.360 e. The summed E-state index contributed by atoms with van der Waals surface area (Å²) in [7, 11) is 0. The van der Waals surface area contributed by atoms with E-state index >= 15 is 0 Å². The minimum Gasteiger partial charge on any atom is -0.360 e. The average molecular weight is 374 g/mol. The summed E-state index contributed by atoms with van der Waals surface area (Å²) in [4.78, 5) is 30.5. The first-order valence-corrected chi connectivity index (χ1v) is 10.1. The Morgan fingerprint density at radius 3 is 2.54 bits per heavy atom. The maximum atomic E-state index is 12.9. The second-order valence-electron chi connectivity index (χ2n) is 7.84. The summed E-state index contributed by atoms with van der Waals surface area (Å²) in [5, 5.41) is 0.571. The first kappa shape index (κ1) is 18.5. The Labute approximate surface area is 165 Å². The number of carbonyl (C=O) groups is 1. The van der Waals surface area contributed by atoms with Gasteiger partial charge >= 0.3 is 0 Å². The molecule has 0 saturated carbocycles. The molecule has 0 atom stereocenters. The van der Waals surface area contributed by atoms with Gasteiger partial charge in [-0.2, -0.15) is 0 Å². The third-order valence-electron chi connectivity index (χ3n) is 5.88. The van der Waals surface area contributed by atoms with Crippen LogP contribution in [0.4, 0.5) is 0 Å².